The first-order valence-corrected chi connectivity index (χ1v) is 8.68. The molecule has 0 aromatic heterocycles. The molecule has 0 N–H and O–H groups in total. The molecule has 1 unspecified atom stereocenters. The quantitative estimate of drug-likeness (QED) is 0.850. The third kappa shape index (κ3) is 3.49. The molecule has 0 radical (unpaired) electrons. The maximum Gasteiger partial charge on any atom is 0.242 e. The average molecular weight is 310 g/mol. The van der Waals surface area contributed by atoms with Gasteiger partial charge in [0.15, 0.2) is 0 Å². The lowest BCUT2D eigenvalue weighted by Crippen LogP contribution is -2.47. The molecule has 23 heavy (non-hydrogen) atoms. The second-order valence-corrected chi connectivity index (χ2v) is 6.53. The summed E-state index contributed by atoms with van der Waals surface area (Å²) in [5.41, 5.74) is 1.10. The molecular weight excluding hydrogens is 284 g/mol. The summed E-state index contributed by atoms with van der Waals surface area (Å²) in [6.45, 7) is 3.56. The van der Waals surface area contributed by atoms with E-state index in [1.54, 1.807) is 0 Å². The highest BCUT2D eigenvalue weighted by Gasteiger charge is 2.25. The highest BCUT2D eigenvalue weighted by molar-refractivity contribution is 5.87. The van der Waals surface area contributed by atoms with Crippen molar-refractivity contribution in [3.05, 3.63) is 42.5 Å². The first-order valence-electron chi connectivity index (χ1n) is 8.68. The molecule has 0 aliphatic carbocycles. The second-order valence-electron chi connectivity index (χ2n) is 6.53. The van der Waals surface area contributed by atoms with Crippen molar-refractivity contribution in [2.75, 3.05) is 25.0 Å². The summed E-state index contributed by atoms with van der Waals surface area (Å²) in [6, 6.07) is 15.2. The van der Waals surface area contributed by atoms with Crippen LogP contribution in [0.3, 0.4) is 0 Å². The minimum atomic E-state index is 0.257. The van der Waals surface area contributed by atoms with E-state index in [-0.39, 0.29) is 5.91 Å². The van der Waals surface area contributed by atoms with Gasteiger partial charge in [-0.1, -0.05) is 37.3 Å². The SMILES string of the molecule is CCC1CCCCN1C(=O)CN(C)c1ccc2ccccc2c1. The van der Waals surface area contributed by atoms with E-state index in [0.717, 1.165) is 31.5 Å². The minimum Gasteiger partial charge on any atom is -0.365 e. The topological polar surface area (TPSA) is 23.6 Å². The number of piperidine rings is 1. The molecular formula is C20H26N2O. The van der Waals surface area contributed by atoms with Crippen molar-refractivity contribution in [1.29, 1.82) is 0 Å². The smallest absolute Gasteiger partial charge is 0.242 e. The number of hydrogen-bond acceptors (Lipinski definition) is 2. The number of fused-ring (bicyclic) bond motifs is 1. The molecule has 0 saturated carbocycles. The van der Waals surface area contributed by atoms with E-state index in [0.29, 0.717) is 12.6 Å². The van der Waals surface area contributed by atoms with Crippen LogP contribution in [0.5, 0.6) is 0 Å². The maximum atomic E-state index is 12.7. The van der Waals surface area contributed by atoms with E-state index >= 15 is 0 Å². The van der Waals surface area contributed by atoms with Gasteiger partial charge in [0, 0.05) is 25.3 Å². The molecule has 3 heteroatoms. The van der Waals surface area contributed by atoms with Gasteiger partial charge < -0.3 is 9.80 Å². The van der Waals surface area contributed by atoms with E-state index in [9.17, 15) is 4.79 Å². The number of amides is 1. The number of carbonyl (C=O) groups is 1. The number of likely N-dealkylation sites (tertiary alicyclic amines) is 1. The van der Waals surface area contributed by atoms with Crippen LogP contribution in [0.2, 0.25) is 0 Å². The molecule has 1 saturated heterocycles. The Kier molecular flexibility index (Phi) is 4.85. The monoisotopic (exact) mass is 310 g/mol. The largest absolute Gasteiger partial charge is 0.365 e. The average Bonchev–Trinajstić information content (AvgIpc) is 2.61. The Morgan fingerprint density at radius 2 is 1.96 bits per heavy atom. The molecule has 0 spiro atoms. The van der Waals surface area contributed by atoms with E-state index in [1.807, 2.05) is 7.05 Å². The van der Waals surface area contributed by atoms with Crippen LogP contribution in [0.15, 0.2) is 42.5 Å². The van der Waals surface area contributed by atoms with Crippen LogP contribution in [0.4, 0.5) is 5.69 Å². The van der Waals surface area contributed by atoms with Crippen molar-refractivity contribution >= 4 is 22.4 Å². The van der Waals surface area contributed by atoms with Gasteiger partial charge in [0.1, 0.15) is 0 Å². The van der Waals surface area contributed by atoms with Crippen LogP contribution in [0.25, 0.3) is 10.8 Å². The predicted molar refractivity (Wildman–Crippen MR) is 96.9 cm³/mol. The number of carbonyl (C=O) groups excluding carboxylic acids is 1. The highest BCUT2D eigenvalue weighted by Crippen LogP contribution is 2.23. The molecule has 2 aromatic rings. The van der Waals surface area contributed by atoms with Crippen LogP contribution in [-0.4, -0.2) is 37.0 Å². The lowest BCUT2D eigenvalue weighted by Gasteiger charge is -2.36. The zero-order chi connectivity index (χ0) is 16.2. The Balaban J connectivity index is 1.71. The molecule has 122 valence electrons. The fourth-order valence-corrected chi connectivity index (χ4v) is 3.55. The standard InChI is InChI=1S/C20H26N2O/c1-3-18-10-6-7-13-22(18)20(23)15-21(2)19-12-11-16-8-4-5-9-17(16)14-19/h4-5,8-9,11-12,14,18H,3,6-7,10,13,15H2,1-2H3. The van der Waals surface area contributed by atoms with Gasteiger partial charge >= 0.3 is 0 Å². The Labute approximate surface area is 138 Å². The van der Waals surface area contributed by atoms with Crippen LogP contribution in [0, 0.1) is 0 Å². The highest BCUT2D eigenvalue weighted by atomic mass is 16.2. The zero-order valence-electron chi connectivity index (χ0n) is 14.2. The summed E-state index contributed by atoms with van der Waals surface area (Å²) in [4.78, 5) is 16.9. The van der Waals surface area contributed by atoms with Crippen LogP contribution in [0.1, 0.15) is 32.6 Å². The summed E-state index contributed by atoms with van der Waals surface area (Å²) in [6.07, 6.45) is 4.61. The van der Waals surface area contributed by atoms with Crippen molar-refractivity contribution in [2.45, 2.75) is 38.6 Å². The van der Waals surface area contributed by atoms with Gasteiger partial charge in [0.25, 0.3) is 0 Å². The van der Waals surface area contributed by atoms with E-state index in [2.05, 4.69) is 59.2 Å². The fourth-order valence-electron chi connectivity index (χ4n) is 3.55. The number of likely N-dealkylation sites (N-methyl/N-ethyl adjacent to an activating group) is 1. The van der Waals surface area contributed by atoms with Crippen LogP contribution < -0.4 is 4.90 Å². The molecule has 1 heterocycles. The van der Waals surface area contributed by atoms with Gasteiger partial charge in [-0.3, -0.25) is 4.79 Å². The van der Waals surface area contributed by atoms with Crippen LogP contribution in [-0.2, 0) is 4.79 Å². The molecule has 0 bridgehead atoms. The van der Waals surface area contributed by atoms with Gasteiger partial charge in [-0.2, -0.15) is 0 Å². The number of anilines is 1. The summed E-state index contributed by atoms with van der Waals surface area (Å²) >= 11 is 0. The molecule has 1 amide bonds. The summed E-state index contributed by atoms with van der Waals surface area (Å²) < 4.78 is 0. The van der Waals surface area contributed by atoms with Gasteiger partial charge in [-0.05, 0) is 48.6 Å². The van der Waals surface area contributed by atoms with Crippen molar-refractivity contribution in [2.24, 2.45) is 0 Å². The predicted octanol–water partition coefficient (Wildman–Crippen LogP) is 4.07. The van der Waals surface area contributed by atoms with Gasteiger partial charge in [0.05, 0.1) is 6.54 Å². The van der Waals surface area contributed by atoms with E-state index < -0.39 is 0 Å². The van der Waals surface area contributed by atoms with Gasteiger partial charge in [-0.25, -0.2) is 0 Å². The molecule has 1 fully saturated rings. The lowest BCUT2D eigenvalue weighted by molar-refractivity contribution is -0.133. The van der Waals surface area contributed by atoms with Gasteiger partial charge in [0.2, 0.25) is 5.91 Å². The summed E-state index contributed by atoms with van der Waals surface area (Å²) in [5.74, 6) is 0.257. The molecule has 3 nitrogen and oxygen atoms in total. The van der Waals surface area contributed by atoms with E-state index in [1.165, 1.54) is 17.2 Å². The number of rotatable bonds is 4. The first kappa shape index (κ1) is 15.9. The number of nitrogens with zero attached hydrogens (tertiary/aromatic N) is 2. The molecule has 1 aliphatic rings. The molecule has 3 rings (SSSR count). The molecule has 2 aromatic carbocycles. The third-order valence-electron chi connectivity index (χ3n) is 4.96. The summed E-state index contributed by atoms with van der Waals surface area (Å²) in [7, 11) is 2.01. The summed E-state index contributed by atoms with van der Waals surface area (Å²) in [5, 5.41) is 2.45. The fraction of sp³-hybridized carbons (Fsp3) is 0.450. The van der Waals surface area contributed by atoms with E-state index in [4.69, 9.17) is 0 Å². The second kappa shape index (κ2) is 7.03. The Morgan fingerprint density at radius 1 is 1.17 bits per heavy atom. The zero-order valence-corrected chi connectivity index (χ0v) is 14.2. The number of benzene rings is 2. The normalized spacial score (nSPS) is 18.2. The number of hydrogen-bond donors (Lipinski definition) is 0. The Hall–Kier alpha value is -2.03. The Morgan fingerprint density at radius 3 is 2.74 bits per heavy atom. The first-order chi connectivity index (χ1) is 11.2. The third-order valence-corrected chi connectivity index (χ3v) is 4.96. The van der Waals surface area contributed by atoms with Crippen molar-refractivity contribution in [3.63, 3.8) is 0 Å². The Bertz CT molecular complexity index is 682. The van der Waals surface area contributed by atoms with Crippen molar-refractivity contribution < 1.29 is 4.79 Å². The maximum absolute atomic E-state index is 12.7. The van der Waals surface area contributed by atoms with Gasteiger partial charge in [-0.15, -0.1) is 0 Å². The minimum absolute atomic E-state index is 0.257. The molecule has 1 aliphatic heterocycles. The van der Waals surface area contributed by atoms with Crippen molar-refractivity contribution in [1.82, 2.24) is 4.90 Å². The van der Waals surface area contributed by atoms with Crippen molar-refractivity contribution in [3.8, 4) is 0 Å². The molecule has 1 atom stereocenters. The van der Waals surface area contributed by atoms with Crippen LogP contribution >= 0.6 is 0 Å². The lowest BCUT2D eigenvalue weighted by atomic mass is 10.00.